The Labute approximate surface area is 85.1 Å². The number of Topliss-reactive ketones (excluding diaryl/α,β-unsaturated/α-hetero) is 1. The van der Waals surface area contributed by atoms with E-state index in [0.29, 0.717) is 5.69 Å². The van der Waals surface area contributed by atoms with Gasteiger partial charge in [-0.15, -0.1) is 0 Å². The summed E-state index contributed by atoms with van der Waals surface area (Å²) in [6, 6.07) is -1.18. The molecule has 15 heavy (non-hydrogen) atoms. The smallest absolute Gasteiger partial charge is 0.270 e. The number of carbonyl (C=O) groups is 1. The van der Waals surface area contributed by atoms with Gasteiger partial charge in [-0.25, -0.2) is 8.78 Å². The molecule has 1 atom stereocenters. The highest BCUT2D eigenvalue weighted by Crippen LogP contribution is 2.40. The fraction of sp³-hybridized carbons (Fsp3) is 0.556. The molecule has 1 fully saturated rings. The Morgan fingerprint density at radius 1 is 1.60 bits per heavy atom. The molecule has 0 radical (unpaired) electrons. The molecule has 0 amide bonds. The molecule has 0 spiro atoms. The third-order valence-electron chi connectivity index (χ3n) is 2.59. The molecule has 1 aliphatic rings. The molecule has 82 valence electrons. The predicted molar refractivity (Wildman–Crippen MR) is 49.5 cm³/mol. The number of nitrogen functional groups attached to an aromatic ring is 1. The lowest BCUT2D eigenvalue weighted by Gasteiger charge is -2.30. The number of halogens is 2. The number of nitrogens with zero attached hydrogens (tertiary/aromatic N) is 2. The summed E-state index contributed by atoms with van der Waals surface area (Å²) < 4.78 is 28.1. The Morgan fingerprint density at radius 3 is 2.93 bits per heavy atom. The van der Waals surface area contributed by atoms with E-state index in [4.69, 9.17) is 5.73 Å². The van der Waals surface area contributed by atoms with E-state index in [-0.39, 0.29) is 18.6 Å². The van der Waals surface area contributed by atoms with Crippen LogP contribution in [0.3, 0.4) is 0 Å². The second-order valence-electron chi connectivity index (χ2n) is 3.77. The van der Waals surface area contributed by atoms with Crippen molar-refractivity contribution < 1.29 is 13.6 Å². The van der Waals surface area contributed by atoms with Gasteiger partial charge in [0, 0.05) is 25.5 Å². The minimum atomic E-state index is -2.88. The van der Waals surface area contributed by atoms with Gasteiger partial charge in [0.2, 0.25) is 0 Å². The monoisotopic (exact) mass is 215 g/mol. The zero-order valence-electron chi connectivity index (χ0n) is 7.99. The quantitative estimate of drug-likeness (QED) is 0.770. The van der Waals surface area contributed by atoms with Crippen LogP contribution in [0.25, 0.3) is 0 Å². The highest BCUT2D eigenvalue weighted by Gasteiger charge is 2.45. The minimum absolute atomic E-state index is 0.0553. The van der Waals surface area contributed by atoms with Crippen molar-refractivity contribution in [3.63, 3.8) is 0 Å². The van der Waals surface area contributed by atoms with Crippen molar-refractivity contribution in [1.82, 2.24) is 9.78 Å². The highest BCUT2D eigenvalue weighted by molar-refractivity contribution is 5.80. The first-order valence-corrected chi connectivity index (χ1v) is 4.68. The van der Waals surface area contributed by atoms with Crippen LogP contribution in [0.15, 0.2) is 12.4 Å². The normalized spacial score (nSPS) is 25.5. The Hall–Kier alpha value is -1.46. The molecule has 2 N–H and O–H groups in total. The molecule has 4 nitrogen and oxygen atoms in total. The van der Waals surface area contributed by atoms with Crippen LogP contribution in [-0.2, 0) is 4.79 Å². The lowest BCUT2D eigenvalue weighted by molar-refractivity contribution is -0.136. The van der Waals surface area contributed by atoms with E-state index in [9.17, 15) is 13.6 Å². The molecule has 0 bridgehead atoms. The van der Waals surface area contributed by atoms with Crippen LogP contribution >= 0.6 is 0 Å². The van der Waals surface area contributed by atoms with Crippen LogP contribution < -0.4 is 5.73 Å². The van der Waals surface area contributed by atoms with E-state index >= 15 is 0 Å². The van der Waals surface area contributed by atoms with Gasteiger partial charge in [-0.05, 0) is 0 Å². The topological polar surface area (TPSA) is 60.9 Å². The van der Waals surface area contributed by atoms with Gasteiger partial charge in [-0.2, -0.15) is 5.10 Å². The number of hydrogen-bond donors (Lipinski definition) is 1. The second kappa shape index (κ2) is 3.29. The number of ketones is 1. The second-order valence-corrected chi connectivity index (χ2v) is 3.77. The van der Waals surface area contributed by atoms with E-state index < -0.39 is 18.4 Å². The number of anilines is 1. The molecule has 1 aromatic heterocycles. The van der Waals surface area contributed by atoms with Gasteiger partial charge in [0.15, 0.2) is 0 Å². The van der Waals surface area contributed by atoms with Crippen LogP contribution in [0.5, 0.6) is 0 Å². The molecule has 1 saturated carbocycles. The van der Waals surface area contributed by atoms with E-state index in [2.05, 4.69) is 5.10 Å². The van der Waals surface area contributed by atoms with Crippen LogP contribution in [0.1, 0.15) is 25.3 Å². The van der Waals surface area contributed by atoms with Gasteiger partial charge >= 0.3 is 0 Å². The maximum atomic E-state index is 13.5. The van der Waals surface area contributed by atoms with Crippen molar-refractivity contribution in [3.8, 4) is 0 Å². The molecular weight excluding hydrogens is 204 g/mol. The SMILES string of the molecule is Nc1cnn(C2CC(=O)CCC2(F)F)c1. The lowest BCUT2D eigenvalue weighted by Crippen LogP contribution is -2.37. The standard InChI is InChI=1S/C9H11F2N3O/c10-9(11)2-1-7(15)3-8(9)14-5-6(12)4-13-14/h4-5,8H,1-3,12H2. The lowest BCUT2D eigenvalue weighted by atomic mass is 9.91. The van der Waals surface area contributed by atoms with E-state index in [1.807, 2.05) is 0 Å². The zero-order valence-corrected chi connectivity index (χ0v) is 7.99. The number of aromatic nitrogens is 2. The Morgan fingerprint density at radius 2 is 2.33 bits per heavy atom. The molecule has 1 aliphatic carbocycles. The van der Waals surface area contributed by atoms with Crippen molar-refractivity contribution in [3.05, 3.63) is 12.4 Å². The molecule has 0 aliphatic heterocycles. The van der Waals surface area contributed by atoms with Crippen molar-refractivity contribution in [2.75, 3.05) is 5.73 Å². The molecule has 1 heterocycles. The molecule has 0 aromatic carbocycles. The average molecular weight is 215 g/mol. The summed E-state index contributed by atoms with van der Waals surface area (Å²) in [6.07, 6.45) is 2.00. The minimum Gasteiger partial charge on any atom is -0.396 e. The fourth-order valence-electron chi connectivity index (χ4n) is 1.75. The third kappa shape index (κ3) is 1.84. The van der Waals surface area contributed by atoms with Gasteiger partial charge < -0.3 is 5.73 Å². The summed E-state index contributed by atoms with van der Waals surface area (Å²) in [4.78, 5) is 11.1. The molecular formula is C9H11F2N3O. The summed E-state index contributed by atoms with van der Waals surface area (Å²) >= 11 is 0. The van der Waals surface area contributed by atoms with Gasteiger partial charge in [0.05, 0.1) is 11.9 Å². The summed E-state index contributed by atoms with van der Waals surface area (Å²) in [7, 11) is 0. The number of carbonyl (C=O) groups excluding carboxylic acids is 1. The summed E-state index contributed by atoms with van der Waals surface area (Å²) in [5, 5.41) is 3.73. The highest BCUT2D eigenvalue weighted by atomic mass is 19.3. The van der Waals surface area contributed by atoms with Crippen LogP contribution in [0.4, 0.5) is 14.5 Å². The Kier molecular flexibility index (Phi) is 2.21. The predicted octanol–water partition coefficient (Wildman–Crippen LogP) is 1.39. The van der Waals surface area contributed by atoms with E-state index in [0.717, 1.165) is 4.68 Å². The van der Waals surface area contributed by atoms with Crippen LogP contribution in [0, 0.1) is 0 Å². The fourth-order valence-corrected chi connectivity index (χ4v) is 1.75. The maximum absolute atomic E-state index is 13.5. The number of rotatable bonds is 1. The Bertz CT molecular complexity index is 388. The van der Waals surface area contributed by atoms with Gasteiger partial charge in [0.25, 0.3) is 5.92 Å². The molecule has 0 saturated heterocycles. The summed E-state index contributed by atoms with van der Waals surface area (Å²) in [5.41, 5.74) is 5.72. The van der Waals surface area contributed by atoms with Gasteiger partial charge in [-0.1, -0.05) is 0 Å². The van der Waals surface area contributed by atoms with Crippen molar-refractivity contribution in [2.24, 2.45) is 0 Å². The summed E-state index contributed by atoms with van der Waals surface area (Å²) in [5.74, 6) is -3.04. The van der Waals surface area contributed by atoms with Gasteiger partial charge in [-0.3, -0.25) is 9.48 Å². The van der Waals surface area contributed by atoms with Crippen LogP contribution in [0.2, 0.25) is 0 Å². The Balaban J connectivity index is 2.29. The summed E-state index contributed by atoms with van der Waals surface area (Å²) in [6.45, 7) is 0. The van der Waals surface area contributed by atoms with Gasteiger partial charge in [0.1, 0.15) is 11.8 Å². The van der Waals surface area contributed by atoms with E-state index in [1.165, 1.54) is 12.4 Å². The van der Waals surface area contributed by atoms with Crippen molar-refractivity contribution in [1.29, 1.82) is 0 Å². The first-order chi connectivity index (χ1) is 6.99. The number of hydrogen-bond acceptors (Lipinski definition) is 3. The van der Waals surface area contributed by atoms with Crippen molar-refractivity contribution in [2.45, 2.75) is 31.2 Å². The first kappa shape index (κ1) is 10.1. The van der Waals surface area contributed by atoms with Crippen LogP contribution in [-0.4, -0.2) is 21.5 Å². The number of nitrogens with two attached hydrogens (primary N) is 1. The number of alkyl halides is 2. The zero-order chi connectivity index (χ0) is 11.1. The first-order valence-electron chi connectivity index (χ1n) is 4.68. The third-order valence-corrected chi connectivity index (χ3v) is 2.59. The molecule has 6 heteroatoms. The average Bonchev–Trinajstić information content (AvgIpc) is 2.56. The maximum Gasteiger partial charge on any atom is 0.270 e. The molecule has 2 rings (SSSR count). The molecule has 1 unspecified atom stereocenters. The largest absolute Gasteiger partial charge is 0.396 e. The van der Waals surface area contributed by atoms with E-state index in [1.54, 1.807) is 0 Å². The van der Waals surface area contributed by atoms with Crippen molar-refractivity contribution >= 4 is 11.5 Å². The molecule has 1 aromatic rings.